The van der Waals surface area contributed by atoms with Gasteiger partial charge in [0.2, 0.25) is 0 Å². The molecule has 0 aromatic heterocycles. The van der Waals surface area contributed by atoms with Crippen LogP contribution in [0.2, 0.25) is 0 Å². The number of hydrogen-bond acceptors (Lipinski definition) is 2. The predicted molar refractivity (Wildman–Crippen MR) is 71.6 cm³/mol. The molecule has 1 aliphatic rings. The lowest BCUT2D eigenvalue weighted by molar-refractivity contribution is 0.0883. The maximum atomic E-state index is 5.98. The molecule has 2 nitrogen and oxygen atoms in total. The van der Waals surface area contributed by atoms with Gasteiger partial charge in [0.25, 0.3) is 0 Å². The summed E-state index contributed by atoms with van der Waals surface area (Å²) in [6.45, 7) is 6.69. The molecule has 0 unspecified atom stereocenters. The Morgan fingerprint density at radius 1 is 1.24 bits per heavy atom. The van der Waals surface area contributed by atoms with Crippen molar-refractivity contribution in [3.05, 3.63) is 29.8 Å². The molecule has 1 aromatic carbocycles. The minimum atomic E-state index is 0.187. The Kier molecular flexibility index (Phi) is 3.43. The number of ether oxygens (including phenoxy) is 1. The lowest BCUT2D eigenvalue weighted by Crippen LogP contribution is -2.45. The minimum absolute atomic E-state index is 0.187. The molecule has 2 heteroatoms. The van der Waals surface area contributed by atoms with Gasteiger partial charge < -0.3 is 10.1 Å². The number of rotatable bonds is 3. The van der Waals surface area contributed by atoms with Gasteiger partial charge in [-0.25, -0.2) is 0 Å². The fourth-order valence-corrected chi connectivity index (χ4v) is 2.13. The van der Waals surface area contributed by atoms with Gasteiger partial charge in [-0.1, -0.05) is 32.9 Å². The minimum Gasteiger partial charge on any atom is -0.490 e. The largest absolute Gasteiger partial charge is 0.490 e. The van der Waals surface area contributed by atoms with Gasteiger partial charge in [0, 0.05) is 6.04 Å². The predicted octanol–water partition coefficient (Wildman–Crippen LogP) is 3.11. The third-order valence-electron chi connectivity index (χ3n) is 3.51. The van der Waals surface area contributed by atoms with Gasteiger partial charge in [0.1, 0.15) is 11.9 Å². The van der Waals surface area contributed by atoms with Crippen molar-refractivity contribution in [1.29, 1.82) is 0 Å². The van der Waals surface area contributed by atoms with Crippen LogP contribution in [0, 0.1) is 0 Å². The highest BCUT2D eigenvalue weighted by Gasteiger charge is 2.29. The SMILES string of the molecule is CNC1CC(Oc2cccc(C(C)(C)C)c2)C1. The average Bonchev–Trinajstić information content (AvgIpc) is 2.22. The zero-order valence-electron chi connectivity index (χ0n) is 11.3. The zero-order valence-corrected chi connectivity index (χ0v) is 11.3. The fraction of sp³-hybridized carbons (Fsp3) is 0.600. The summed E-state index contributed by atoms with van der Waals surface area (Å²) in [5.41, 5.74) is 1.52. The molecule has 0 amide bonds. The number of nitrogens with one attached hydrogen (secondary N) is 1. The van der Waals surface area contributed by atoms with E-state index in [1.165, 1.54) is 5.56 Å². The molecule has 1 fully saturated rings. The molecule has 0 saturated heterocycles. The topological polar surface area (TPSA) is 21.3 Å². The first-order chi connectivity index (χ1) is 7.99. The fourth-order valence-electron chi connectivity index (χ4n) is 2.13. The summed E-state index contributed by atoms with van der Waals surface area (Å²) in [5, 5.41) is 3.27. The van der Waals surface area contributed by atoms with E-state index in [2.05, 4.69) is 50.4 Å². The van der Waals surface area contributed by atoms with Crippen molar-refractivity contribution in [2.45, 2.75) is 51.2 Å². The van der Waals surface area contributed by atoms with Crippen molar-refractivity contribution < 1.29 is 4.74 Å². The molecule has 0 aliphatic heterocycles. The highest BCUT2D eigenvalue weighted by atomic mass is 16.5. The summed E-state index contributed by atoms with van der Waals surface area (Å²) < 4.78 is 5.98. The molecule has 0 bridgehead atoms. The lowest BCUT2D eigenvalue weighted by Gasteiger charge is -2.35. The maximum Gasteiger partial charge on any atom is 0.120 e. The van der Waals surface area contributed by atoms with Gasteiger partial charge in [0.05, 0.1) is 0 Å². The monoisotopic (exact) mass is 233 g/mol. The molecule has 1 aliphatic carbocycles. The van der Waals surface area contributed by atoms with Gasteiger partial charge >= 0.3 is 0 Å². The molecule has 2 rings (SSSR count). The number of hydrogen-bond donors (Lipinski definition) is 1. The second-order valence-electron chi connectivity index (χ2n) is 5.97. The van der Waals surface area contributed by atoms with E-state index in [4.69, 9.17) is 4.74 Å². The van der Waals surface area contributed by atoms with Crippen LogP contribution in [0.5, 0.6) is 5.75 Å². The van der Waals surface area contributed by atoms with Crippen molar-refractivity contribution in [2.24, 2.45) is 0 Å². The van der Waals surface area contributed by atoms with Crippen molar-refractivity contribution >= 4 is 0 Å². The highest BCUT2D eigenvalue weighted by Crippen LogP contribution is 2.29. The van der Waals surface area contributed by atoms with Crippen LogP contribution in [-0.2, 0) is 5.41 Å². The van der Waals surface area contributed by atoms with Crippen molar-refractivity contribution in [2.75, 3.05) is 7.05 Å². The van der Waals surface area contributed by atoms with E-state index in [9.17, 15) is 0 Å². The molecular weight excluding hydrogens is 210 g/mol. The van der Waals surface area contributed by atoms with Crippen LogP contribution in [0.4, 0.5) is 0 Å². The second-order valence-corrected chi connectivity index (χ2v) is 5.97. The summed E-state index contributed by atoms with van der Waals surface area (Å²) in [6, 6.07) is 9.13. The molecular formula is C15H23NO. The first-order valence-corrected chi connectivity index (χ1v) is 6.43. The molecule has 17 heavy (non-hydrogen) atoms. The molecule has 0 atom stereocenters. The first kappa shape index (κ1) is 12.4. The van der Waals surface area contributed by atoms with Gasteiger partial charge in [-0.05, 0) is 43.0 Å². The first-order valence-electron chi connectivity index (χ1n) is 6.43. The Morgan fingerprint density at radius 3 is 2.53 bits per heavy atom. The van der Waals surface area contributed by atoms with Gasteiger partial charge in [-0.2, -0.15) is 0 Å². The van der Waals surface area contributed by atoms with Gasteiger partial charge in [0.15, 0.2) is 0 Å². The summed E-state index contributed by atoms with van der Waals surface area (Å²) in [4.78, 5) is 0. The molecule has 0 radical (unpaired) electrons. The van der Waals surface area contributed by atoms with Crippen molar-refractivity contribution in [1.82, 2.24) is 5.32 Å². The maximum absolute atomic E-state index is 5.98. The molecule has 1 N–H and O–H groups in total. The van der Waals surface area contributed by atoms with Crippen LogP contribution < -0.4 is 10.1 Å². The standard InChI is InChI=1S/C15H23NO/c1-15(2,3)11-6-5-7-13(8-11)17-14-9-12(10-14)16-4/h5-8,12,14,16H,9-10H2,1-4H3. The summed E-state index contributed by atoms with van der Waals surface area (Å²) >= 11 is 0. The van der Waals surface area contributed by atoms with Crippen molar-refractivity contribution in [3.8, 4) is 5.75 Å². The Morgan fingerprint density at radius 2 is 1.94 bits per heavy atom. The van der Waals surface area contributed by atoms with Crippen LogP contribution in [0.15, 0.2) is 24.3 Å². The Balaban J connectivity index is 1.98. The Labute approximate surface area is 104 Å². The molecule has 1 saturated carbocycles. The second kappa shape index (κ2) is 4.69. The summed E-state index contributed by atoms with van der Waals surface area (Å²) in [5.74, 6) is 1.01. The van der Waals surface area contributed by atoms with Crippen molar-refractivity contribution in [3.63, 3.8) is 0 Å². The highest BCUT2D eigenvalue weighted by molar-refractivity contribution is 5.32. The molecule has 94 valence electrons. The summed E-state index contributed by atoms with van der Waals surface area (Å²) in [6.07, 6.45) is 2.63. The van der Waals surface area contributed by atoms with Crippen LogP contribution in [0.1, 0.15) is 39.2 Å². The van der Waals surface area contributed by atoms with E-state index in [-0.39, 0.29) is 5.41 Å². The normalized spacial score (nSPS) is 24.2. The van der Waals surface area contributed by atoms with E-state index in [0.717, 1.165) is 18.6 Å². The van der Waals surface area contributed by atoms with E-state index in [1.54, 1.807) is 0 Å². The molecule has 0 heterocycles. The molecule has 1 aromatic rings. The van der Waals surface area contributed by atoms with Gasteiger partial charge in [-0.3, -0.25) is 0 Å². The lowest BCUT2D eigenvalue weighted by atomic mass is 9.87. The van der Waals surface area contributed by atoms with Crippen LogP contribution in [0.3, 0.4) is 0 Å². The van der Waals surface area contributed by atoms with E-state index >= 15 is 0 Å². The van der Waals surface area contributed by atoms with Gasteiger partial charge in [-0.15, -0.1) is 0 Å². The third kappa shape index (κ3) is 3.01. The molecule has 0 spiro atoms. The van der Waals surface area contributed by atoms with E-state index in [0.29, 0.717) is 12.1 Å². The zero-order chi connectivity index (χ0) is 12.5. The Hall–Kier alpha value is -1.02. The summed E-state index contributed by atoms with van der Waals surface area (Å²) in [7, 11) is 2.01. The van der Waals surface area contributed by atoms with E-state index in [1.807, 2.05) is 7.05 Å². The average molecular weight is 233 g/mol. The van der Waals surface area contributed by atoms with Crippen LogP contribution in [0.25, 0.3) is 0 Å². The third-order valence-corrected chi connectivity index (χ3v) is 3.51. The number of benzene rings is 1. The smallest absolute Gasteiger partial charge is 0.120 e. The van der Waals surface area contributed by atoms with E-state index < -0.39 is 0 Å². The van der Waals surface area contributed by atoms with Crippen LogP contribution >= 0.6 is 0 Å². The quantitative estimate of drug-likeness (QED) is 0.866. The Bertz CT molecular complexity index is 375. The van der Waals surface area contributed by atoms with Crippen LogP contribution in [-0.4, -0.2) is 19.2 Å².